The van der Waals surface area contributed by atoms with Crippen LogP contribution in [-0.4, -0.2) is 19.1 Å². The van der Waals surface area contributed by atoms with Crippen LogP contribution in [0.1, 0.15) is 12.0 Å². The van der Waals surface area contributed by atoms with Gasteiger partial charge in [-0.2, -0.15) is 5.26 Å². The molecule has 3 nitrogen and oxygen atoms in total. The molecule has 1 aromatic rings. The van der Waals surface area contributed by atoms with E-state index in [1.165, 1.54) is 12.1 Å². The van der Waals surface area contributed by atoms with Gasteiger partial charge < -0.3 is 10.6 Å². The van der Waals surface area contributed by atoms with Crippen molar-refractivity contribution in [3.05, 3.63) is 29.6 Å². The molecule has 4 heteroatoms. The van der Waals surface area contributed by atoms with Gasteiger partial charge in [-0.15, -0.1) is 0 Å². The van der Waals surface area contributed by atoms with Crippen molar-refractivity contribution in [2.75, 3.05) is 18.0 Å². The molecule has 1 aromatic carbocycles. The minimum atomic E-state index is -0.376. The van der Waals surface area contributed by atoms with Crippen LogP contribution in [0.15, 0.2) is 18.2 Å². The zero-order valence-electron chi connectivity index (χ0n) is 8.28. The number of nitrogens with two attached hydrogens (primary N) is 1. The molecule has 2 N–H and O–H groups in total. The molecule has 1 fully saturated rings. The van der Waals surface area contributed by atoms with E-state index in [-0.39, 0.29) is 11.9 Å². The Morgan fingerprint density at radius 3 is 2.93 bits per heavy atom. The molecule has 1 unspecified atom stereocenters. The average Bonchev–Trinajstić information content (AvgIpc) is 2.64. The number of hydrogen-bond acceptors (Lipinski definition) is 3. The van der Waals surface area contributed by atoms with Gasteiger partial charge in [-0.1, -0.05) is 0 Å². The maximum atomic E-state index is 12.9. The number of nitriles is 1. The summed E-state index contributed by atoms with van der Waals surface area (Å²) < 4.78 is 12.9. The molecule has 78 valence electrons. The topological polar surface area (TPSA) is 53.0 Å². The average molecular weight is 205 g/mol. The van der Waals surface area contributed by atoms with E-state index in [1.54, 1.807) is 6.07 Å². The molecule has 2 rings (SSSR count). The van der Waals surface area contributed by atoms with Crippen LogP contribution in [0.5, 0.6) is 0 Å². The molecule has 1 atom stereocenters. The van der Waals surface area contributed by atoms with Crippen LogP contribution < -0.4 is 10.6 Å². The molecule has 1 saturated heterocycles. The lowest BCUT2D eigenvalue weighted by molar-refractivity contribution is 0.627. The Hall–Kier alpha value is -1.60. The van der Waals surface area contributed by atoms with Crippen LogP contribution in [0.3, 0.4) is 0 Å². The lowest BCUT2D eigenvalue weighted by Gasteiger charge is -2.19. The highest BCUT2D eigenvalue weighted by Crippen LogP contribution is 2.24. The van der Waals surface area contributed by atoms with E-state index in [0.29, 0.717) is 5.56 Å². The largest absolute Gasteiger partial charge is 0.369 e. The van der Waals surface area contributed by atoms with Crippen LogP contribution >= 0.6 is 0 Å². The molecule has 15 heavy (non-hydrogen) atoms. The molecule has 0 aromatic heterocycles. The number of nitrogens with zero attached hydrogens (tertiary/aromatic N) is 2. The molecule has 1 heterocycles. The highest BCUT2D eigenvalue weighted by atomic mass is 19.1. The summed E-state index contributed by atoms with van der Waals surface area (Å²) in [7, 11) is 0. The van der Waals surface area contributed by atoms with Gasteiger partial charge in [-0.05, 0) is 24.6 Å². The van der Waals surface area contributed by atoms with E-state index in [1.807, 2.05) is 11.0 Å². The quantitative estimate of drug-likeness (QED) is 0.750. The van der Waals surface area contributed by atoms with Gasteiger partial charge in [0, 0.05) is 19.1 Å². The fourth-order valence-corrected chi connectivity index (χ4v) is 1.88. The van der Waals surface area contributed by atoms with E-state index in [2.05, 4.69) is 0 Å². The molecule has 0 spiro atoms. The highest BCUT2D eigenvalue weighted by Gasteiger charge is 2.21. The standard InChI is InChI=1S/C11H12FN3/c12-9-1-2-11(8(5-9)6-13)15-4-3-10(14)7-15/h1-2,5,10H,3-4,7,14H2. The van der Waals surface area contributed by atoms with E-state index >= 15 is 0 Å². The molecule has 0 bridgehead atoms. The first-order valence-corrected chi connectivity index (χ1v) is 4.91. The Balaban J connectivity index is 2.32. The van der Waals surface area contributed by atoms with E-state index in [4.69, 9.17) is 11.0 Å². The SMILES string of the molecule is N#Cc1cc(F)ccc1N1CCC(N)C1. The minimum absolute atomic E-state index is 0.154. The maximum absolute atomic E-state index is 12.9. The molecule has 1 aliphatic heterocycles. The molecule has 0 saturated carbocycles. The lowest BCUT2D eigenvalue weighted by atomic mass is 10.1. The molecular weight excluding hydrogens is 193 g/mol. The van der Waals surface area contributed by atoms with Crippen molar-refractivity contribution in [3.63, 3.8) is 0 Å². The zero-order chi connectivity index (χ0) is 10.8. The van der Waals surface area contributed by atoms with Gasteiger partial charge in [-0.25, -0.2) is 4.39 Å². The van der Waals surface area contributed by atoms with Gasteiger partial charge in [0.25, 0.3) is 0 Å². The van der Waals surface area contributed by atoms with Crippen LogP contribution in [-0.2, 0) is 0 Å². The monoisotopic (exact) mass is 205 g/mol. The van der Waals surface area contributed by atoms with Crippen LogP contribution in [0.25, 0.3) is 0 Å². The summed E-state index contributed by atoms with van der Waals surface area (Å²) >= 11 is 0. The third kappa shape index (κ3) is 1.92. The van der Waals surface area contributed by atoms with Crippen molar-refractivity contribution in [1.82, 2.24) is 0 Å². The Labute approximate surface area is 87.9 Å². The van der Waals surface area contributed by atoms with Crippen LogP contribution in [0, 0.1) is 17.1 Å². The summed E-state index contributed by atoms with van der Waals surface area (Å²) in [5.41, 5.74) is 6.95. The van der Waals surface area contributed by atoms with Gasteiger partial charge in [-0.3, -0.25) is 0 Å². The summed E-state index contributed by atoms with van der Waals surface area (Å²) in [6.07, 6.45) is 0.919. The Morgan fingerprint density at radius 1 is 1.53 bits per heavy atom. The molecule has 0 aliphatic carbocycles. The predicted molar refractivity (Wildman–Crippen MR) is 55.9 cm³/mol. The number of rotatable bonds is 1. The zero-order valence-corrected chi connectivity index (χ0v) is 8.28. The van der Waals surface area contributed by atoms with Crippen LogP contribution in [0.2, 0.25) is 0 Å². The van der Waals surface area contributed by atoms with Crippen molar-refractivity contribution < 1.29 is 4.39 Å². The first-order chi connectivity index (χ1) is 7.20. The fraction of sp³-hybridized carbons (Fsp3) is 0.364. The number of anilines is 1. The summed E-state index contributed by atoms with van der Waals surface area (Å²) in [5.74, 6) is -0.376. The van der Waals surface area contributed by atoms with Gasteiger partial charge in [0.05, 0.1) is 11.3 Å². The summed E-state index contributed by atoms with van der Waals surface area (Å²) in [4.78, 5) is 2.03. The Morgan fingerprint density at radius 2 is 2.33 bits per heavy atom. The van der Waals surface area contributed by atoms with Crippen molar-refractivity contribution in [2.45, 2.75) is 12.5 Å². The van der Waals surface area contributed by atoms with Gasteiger partial charge in [0.2, 0.25) is 0 Å². The second kappa shape index (κ2) is 3.87. The van der Waals surface area contributed by atoms with Crippen LogP contribution in [0.4, 0.5) is 10.1 Å². The van der Waals surface area contributed by atoms with E-state index < -0.39 is 0 Å². The third-order valence-electron chi connectivity index (χ3n) is 2.64. The summed E-state index contributed by atoms with van der Waals surface area (Å²) in [6, 6.07) is 6.44. The van der Waals surface area contributed by atoms with E-state index in [9.17, 15) is 4.39 Å². The molecule has 1 aliphatic rings. The molecule has 0 radical (unpaired) electrons. The van der Waals surface area contributed by atoms with Gasteiger partial charge in [0.15, 0.2) is 0 Å². The highest BCUT2D eigenvalue weighted by molar-refractivity contribution is 5.60. The van der Waals surface area contributed by atoms with E-state index in [0.717, 1.165) is 25.2 Å². The number of benzene rings is 1. The van der Waals surface area contributed by atoms with Crippen molar-refractivity contribution >= 4 is 5.69 Å². The van der Waals surface area contributed by atoms with Gasteiger partial charge >= 0.3 is 0 Å². The Kier molecular flexibility index (Phi) is 2.57. The number of halogens is 1. The number of hydrogen-bond donors (Lipinski definition) is 1. The van der Waals surface area contributed by atoms with Crippen molar-refractivity contribution in [1.29, 1.82) is 5.26 Å². The van der Waals surface area contributed by atoms with Crippen molar-refractivity contribution in [2.24, 2.45) is 5.73 Å². The predicted octanol–water partition coefficient (Wildman–Crippen LogP) is 1.23. The van der Waals surface area contributed by atoms with Crippen molar-refractivity contribution in [3.8, 4) is 6.07 Å². The second-order valence-electron chi connectivity index (χ2n) is 3.77. The fourth-order valence-electron chi connectivity index (χ4n) is 1.88. The minimum Gasteiger partial charge on any atom is -0.369 e. The second-order valence-corrected chi connectivity index (χ2v) is 3.77. The normalized spacial score (nSPS) is 20.3. The first-order valence-electron chi connectivity index (χ1n) is 4.91. The molecular formula is C11H12FN3. The molecule has 0 amide bonds. The maximum Gasteiger partial charge on any atom is 0.124 e. The smallest absolute Gasteiger partial charge is 0.124 e. The summed E-state index contributed by atoms with van der Waals surface area (Å²) in [5, 5.41) is 8.89. The summed E-state index contributed by atoms with van der Waals surface area (Å²) in [6.45, 7) is 1.57. The Bertz CT molecular complexity index is 411. The first kappa shape index (κ1) is 9.94. The lowest BCUT2D eigenvalue weighted by Crippen LogP contribution is -2.26. The third-order valence-corrected chi connectivity index (χ3v) is 2.64. The van der Waals surface area contributed by atoms with Gasteiger partial charge in [0.1, 0.15) is 11.9 Å².